The van der Waals surface area contributed by atoms with Crippen LogP contribution in [0.1, 0.15) is 26.2 Å². The number of rotatable bonds is 3. The molecule has 6 nitrogen and oxygen atoms in total. The molecule has 0 saturated carbocycles. The summed E-state index contributed by atoms with van der Waals surface area (Å²) in [5.41, 5.74) is 0.920. The van der Waals surface area contributed by atoms with Gasteiger partial charge < -0.3 is 14.5 Å². The summed E-state index contributed by atoms with van der Waals surface area (Å²) in [5.74, 6) is 0.280. The Kier molecular flexibility index (Phi) is 5.25. The summed E-state index contributed by atoms with van der Waals surface area (Å²) < 4.78 is 5.66. The van der Waals surface area contributed by atoms with E-state index in [2.05, 4.69) is 11.5 Å². The summed E-state index contributed by atoms with van der Waals surface area (Å²) in [6, 6.07) is 0.0308. The Balaban J connectivity index is 1.54. The van der Waals surface area contributed by atoms with Crippen molar-refractivity contribution in [1.29, 1.82) is 0 Å². The predicted molar refractivity (Wildman–Crippen MR) is 91.5 cm³/mol. The van der Waals surface area contributed by atoms with Crippen LogP contribution in [0.4, 0.5) is 0 Å². The van der Waals surface area contributed by atoms with E-state index in [1.54, 1.807) is 0 Å². The lowest BCUT2D eigenvalue weighted by atomic mass is 9.95. The SMILES string of the molecule is C=C(C)[C@H]1OCC[C@H]1C(=O)N1CCN(C(=O)[C@H]2CCCN2C)CC1. The monoisotopic (exact) mass is 335 g/mol. The van der Waals surface area contributed by atoms with E-state index in [-0.39, 0.29) is 29.9 Å². The zero-order chi connectivity index (χ0) is 17.3. The van der Waals surface area contributed by atoms with E-state index in [0.29, 0.717) is 32.8 Å². The first-order valence-electron chi connectivity index (χ1n) is 9.04. The fourth-order valence-corrected chi connectivity index (χ4v) is 4.14. The highest BCUT2D eigenvalue weighted by molar-refractivity contribution is 5.83. The molecule has 3 aliphatic heterocycles. The quantitative estimate of drug-likeness (QED) is 0.714. The normalized spacial score (nSPS) is 31.5. The molecule has 6 heteroatoms. The van der Waals surface area contributed by atoms with Crippen molar-refractivity contribution in [2.24, 2.45) is 5.92 Å². The van der Waals surface area contributed by atoms with E-state index in [1.807, 2.05) is 23.8 Å². The number of piperazine rings is 1. The number of ether oxygens (including phenoxy) is 1. The highest BCUT2D eigenvalue weighted by Crippen LogP contribution is 2.28. The van der Waals surface area contributed by atoms with Crippen LogP contribution in [0, 0.1) is 5.92 Å². The van der Waals surface area contributed by atoms with Crippen molar-refractivity contribution in [3.05, 3.63) is 12.2 Å². The molecule has 0 radical (unpaired) electrons. The van der Waals surface area contributed by atoms with Crippen molar-refractivity contribution in [3.8, 4) is 0 Å². The Morgan fingerprint density at radius 1 is 1.00 bits per heavy atom. The van der Waals surface area contributed by atoms with Gasteiger partial charge in [-0.1, -0.05) is 12.2 Å². The number of amides is 2. The molecule has 0 aromatic heterocycles. The van der Waals surface area contributed by atoms with E-state index in [4.69, 9.17) is 4.74 Å². The van der Waals surface area contributed by atoms with Gasteiger partial charge in [-0.3, -0.25) is 14.5 Å². The van der Waals surface area contributed by atoms with Crippen molar-refractivity contribution in [2.45, 2.75) is 38.3 Å². The van der Waals surface area contributed by atoms with E-state index in [9.17, 15) is 9.59 Å². The molecule has 0 bridgehead atoms. The van der Waals surface area contributed by atoms with Gasteiger partial charge in [-0.25, -0.2) is 0 Å². The first-order chi connectivity index (χ1) is 11.5. The van der Waals surface area contributed by atoms with Gasteiger partial charge in [0, 0.05) is 32.8 Å². The van der Waals surface area contributed by atoms with Crippen LogP contribution in [0.15, 0.2) is 12.2 Å². The second-order valence-electron chi connectivity index (χ2n) is 7.32. The molecular formula is C18H29N3O3. The van der Waals surface area contributed by atoms with Crippen LogP contribution in [0.5, 0.6) is 0 Å². The molecule has 3 heterocycles. The molecule has 2 amide bonds. The number of nitrogens with zero attached hydrogens (tertiary/aromatic N) is 3. The maximum absolute atomic E-state index is 12.8. The highest BCUT2D eigenvalue weighted by Gasteiger charge is 2.39. The van der Waals surface area contributed by atoms with Gasteiger partial charge in [-0.15, -0.1) is 0 Å². The second-order valence-corrected chi connectivity index (χ2v) is 7.32. The number of carbonyl (C=O) groups is 2. The van der Waals surface area contributed by atoms with Gasteiger partial charge in [0.25, 0.3) is 0 Å². The third-order valence-corrected chi connectivity index (χ3v) is 5.60. The molecule has 0 aromatic rings. The molecule has 0 unspecified atom stereocenters. The average Bonchev–Trinajstić information content (AvgIpc) is 3.22. The molecule has 3 fully saturated rings. The minimum absolute atomic E-state index is 0.0308. The van der Waals surface area contributed by atoms with Crippen LogP contribution in [-0.2, 0) is 14.3 Å². The Bertz CT molecular complexity index is 514. The van der Waals surface area contributed by atoms with Crippen LogP contribution >= 0.6 is 0 Å². The molecule has 0 aliphatic carbocycles. The molecule has 0 spiro atoms. The first kappa shape index (κ1) is 17.4. The third-order valence-electron chi connectivity index (χ3n) is 5.60. The Hall–Kier alpha value is -1.40. The Morgan fingerprint density at radius 3 is 2.17 bits per heavy atom. The van der Waals surface area contributed by atoms with Gasteiger partial charge in [0.15, 0.2) is 0 Å². The fourth-order valence-electron chi connectivity index (χ4n) is 4.14. The smallest absolute Gasteiger partial charge is 0.240 e. The minimum atomic E-state index is -0.149. The molecule has 3 rings (SSSR count). The highest BCUT2D eigenvalue weighted by atomic mass is 16.5. The number of hydrogen-bond donors (Lipinski definition) is 0. The van der Waals surface area contributed by atoms with Gasteiger partial charge in [0.2, 0.25) is 11.8 Å². The van der Waals surface area contributed by atoms with Crippen molar-refractivity contribution < 1.29 is 14.3 Å². The third kappa shape index (κ3) is 3.35. The van der Waals surface area contributed by atoms with Crippen molar-refractivity contribution in [2.75, 3.05) is 46.4 Å². The largest absolute Gasteiger partial charge is 0.373 e. The molecule has 0 aromatic carbocycles. The topological polar surface area (TPSA) is 53.1 Å². The minimum Gasteiger partial charge on any atom is -0.373 e. The molecule has 0 N–H and O–H groups in total. The van der Waals surface area contributed by atoms with E-state index in [1.165, 1.54) is 0 Å². The number of likely N-dealkylation sites (tertiary alicyclic amines) is 1. The van der Waals surface area contributed by atoms with Crippen molar-refractivity contribution in [1.82, 2.24) is 14.7 Å². The zero-order valence-electron chi connectivity index (χ0n) is 14.9. The molecule has 3 atom stereocenters. The molecule has 24 heavy (non-hydrogen) atoms. The van der Waals surface area contributed by atoms with Crippen molar-refractivity contribution >= 4 is 11.8 Å². The molecule has 3 saturated heterocycles. The molecule has 134 valence electrons. The summed E-state index contributed by atoms with van der Waals surface area (Å²) >= 11 is 0. The average molecular weight is 335 g/mol. The van der Waals surface area contributed by atoms with Crippen LogP contribution in [-0.4, -0.2) is 85.0 Å². The standard InChI is InChI=1S/C18H29N3O3/c1-13(2)16-14(6-12-24-16)17(22)20-8-10-21(11-9-20)18(23)15-5-4-7-19(15)3/h14-16H,1,4-12H2,2-3H3/t14-,15-,16-/m1/s1. The molecule has 3 aliphatic rings. The molecular weight excluding hydrogens is 306 g/mol. The summed E-state index contributed by atoms with van der Waals surface area (Å²) in [5, 5.41) is 0. The maximum Gasteiger partial charge on any atom is 0.240 e. The van der Waals surface area contributed by atoms with Gasteiger partial charge in [-0.2, -0.15) is 0 Å². The summed E-state index contributed by atoms with van der Waals surface area (Å²) in [6.07, 6.45) is 2.66. The van der Waals surface area contributed by atoms with E-state index >= 15 is 0 Å². The number of carbonyl (C=O) groups excluding carboxylic acids is 2. The summed E-state index contributed by atoms with van der Waals surface area (Å²) in [7, 11) is 2.02. The zero-order valence-corrected chi connectivity index (χ0v) is 14.9. The van der Waals surface area contributed by atoms with E-state index in [0.717, 1.165) is 31.4 Å². The first-order valence-corrected chi connectivity index (χ1v) is 9.04. The second kappa shape index (κ2) is 7.23. The number of likely N-dealkylation sites (N-methyl/N-ethyl adjacent to an activating group) is 1. The number of hydrogen-bond acceptors (Lipinski definition) is 4. The van der Waals surface area contributed by atoms with Crippen LogP contribution in [0.2, 0.25) is 0 Å². The lowest BCUT2D eigenvalue weighted by molar-refractivity contribution is -0.144. The Labute approximate surface area is 144 Å². The van der Waals surface area contributed by atoms with Gasteiger partial charge in [-0.05, 0) is 39.8 Å². The lowest BCUT2D eigenvalue weighted by Crippen LogP contribution is -2.55. The van der Waals surface area contributed by atoms with E-state index < -0.39 is 0 Å². The fraction of sp³-hybridized carbons (Fsp3) is 0.778. The van der Waals surface area contributed by atoms with Crippen LogP contribution in [0.3, 0.4) is 0 Å². The maximum atomic E-state index is 12.8. The van der Waals surface area contributed by atoms with Gasteiger partial charge in [0.05, 0.1) is 18.1 Å². The summed E-state index contributed by atoms with van der Waals surface area (Å²) in [4.78, 5) is 31.4. The van der Waals surface area contributed by atoms with Crippen molar-refractivity contribution in [3.63, 3.8) is 0 Å². The summed E-state index contributed by atoms with van der Waals surface area (Å²) in [6.45, 7) is 10.0. The van der Waals surface area contributed by atoms with Gasteiger partial charge in [0.1, 0.15) is 0 Å². The predicted octanol–water partition coefficient (Wildman–Crippen LogP) is 0.733. The van der Waals surface area contributed by atoms with Crippen LogP contribution < -0.4 is 0 Å². The van der Waals surface area contributed by atoms with Gasteiger partial charge >= 0.3 is 0 Å². The Morgan fingerprint density at radius 2 is 1.62 bits per heavy atom. The van der Waals surface area contributed by atoms with Crippen LogP contribution in [0.25, 0.3) is 0 Å². The lowest BCUT2D eigenvalue weighted by Gasteiger charge is -2.38.